The third-order valence-electron chi connectivity index (χ3n) is 4.41. The first kappa shape index (κ1) is 20.8. The number of alkyl halides is 1. The number of carboxylic acid groups (broad SMARTS) is 1. The van der Waals surface area contributed by atoms with Crippen molar-refractivity contribution in [2.24, 2.45) is 0 Å². The predicted octanol–water partition coefficient (Wildman–Crippen LogP) is 7.00. The lowest BCUT2D eigenvalue weighted by molar-refractivity contribution is -0.160. The van der Waals surface area contributed by atoms with Crippen LogP contribution in [0.1, 0.15) is 38.0 Å². The molecule has 0 spiro atoms. The Bertz CT molecular complexity index is 1010. The van der Waals surface area contributed by atoms with Crippen LogP contribution in [0.15, 0.2) is 54.6 Å². The number of carbonyl (C=O) groups is 1. The van der Waals surface area contributed by atoms with E-state index in [-0.39, 0.29) is 0 Å². The lowest BCUT2D eigenvalue weighted by Crippen LogP contribution is -2.28. The molecule has 0 radical (unpaired) electrons. The highest BCUT2D eigenvalue weighted by Crippen LogP contribution is 2.41. The second-order valence-electron chi connectivity index (χ2n) is 7.63. The van der Waals surface area contributed by atoms with Gasteiger partial charge in [0.2, 0.25) is 0 Å². The van der Waals surface area contributed by atoms with Crippen molar-refractivity contribution in [3.05, 3.63) is 70.7 Å². The van der Waals surface area contributed by atoms with Gasteiger partial charge in [-0.15, -0.1) is 0 Å². The van der Waals surface area contributed by atoms with E-state index >= 15 is 0 Å². The van der Waals surface area contributed by atoms with Gasteiger partial charge in [0.25, 0.3) is 0 Å². The maximum atomic E-state index is 12.3. The molecule has 5 heteroatoms. The fraction of sp³-hybridized carbons (Fsp3) is 0.261. The van der Waals surface area contributed by atoms with Crippen LogP contribution in [-0.4, -0.2) is 16.7 Å². The summed E-state index contributed by atoms with van der Waals surface area (Å²) in [6.07, 6.45) is -1.09. The first-order valence-electron chi connectivity index (χ1n) is 8.98. The molecule has 1 N–H and O–H groups in total. The molecule has 28 heavy (non-hydrogen) atoms. The minimum absolute atomic E-state index is 0.519. The smallest absolute Gasteiger partial charge is 0.337 e. The largest absolute Gasteiger partial charge is 0.479 e. The molecule has 0 aliphatic rings. The molecule has 0 heterocycles. The van der Waals surface area contributed by atoms with Crippen molar-refractivity contribution in [3.63, 3.8) is 0 Å². The Hall–Kier alpha value is -1.88. The number of ether oxygens (including phenoxy) is 1. The summed E-state index contributed by atoms with van der Waals surface area (Å²) in [6, 6.07) is 17.5. The van der Waals surface area contributed by atoms with Crippen LogP contribution in [0, 0.1) is 0 Å². The molecule has 0 saturated heterocycles. The highest BCUT2D eigenvalue weighted by molar-refractivity contribution is 9.08. The molecule has 1 atom stereocenters. The average Bonchev–Trinajstić information content (AvgIpc) is 2.64. The van der Waals surface area contributed by atoms with Gasteiger partial charge in [0.05, 0.1) is 5.60 Å². The zero-order valence-electron chi connectivity index (χ0n) is 16.0. The molecule has 0 saturated carbocycles. The third-order valence-corrected chi connectivity index (χ3v) is 5.27. The van der Waals surface area contributed by atoms with Gasteiger partial charge in [-0.3, -0.25) is 0 Å². The highest BCUT2D eigenvalue weighted by Gasteiger charge is 2.32. The summed E-state index contributed by atoms with van der Waals surface area (Å²) in [4.78, 5) is 12.3. The van der Waals surface area contributed by atoms with E-state index in [9.17, 15) is 9.90 Å². The van der Waals surface area contributed by atoms with Crippen LogP contribution >= 0.6 is 27.5 Å². The number of fused-ring (bicyclic) bond motifs is 1. The molecule has 1 unspecified atom stereocenters. The molecule has 0 amide bonds. The van der Waals surface area contributed by atoms with Gasteiger partial charge in [-0.25, -0.2) is 4.79 Å². The quantitative estimate of drug-likeness (QED) is 0.416. The van der Waals surface area contributed by atoms with Gasteiger partial charge in [0, 0.05) is 15.9 Å². The van der Waals surface area contributed by atoms with E-state index in [0.717, 1.165) is 27.5 Å². The van der Waals surface area contributed by atoms with Crippen LogP contribution in [0.3, 0.4) is 0 Å². The van der Waals surface area contributed by atoms with E-state index in [1.165, 1.54) is 0 Å². The summed E-state index contributed by atoms with van der Waals surface area (Å²) in [5, 5.41) is 13.2. The normalized spacial score (nSPS) is 12.9. The number of aliphatic carboxylic acids is 1. The minimum atomic E-state index is -1.09. The van der Waals surface area contributed by atoms with Crippen molar-refractivity contribution < 1.29 is 14.6 Å². The first-order chi connectivity index (χ1) is 13.2. The van der Waals surface area contributed by atoms with Crippen LogP contribution in [0.25, 0.3) is 21.9 Å². The lowest BCUT2D eigenvalue weighted by atomic mass is 9.87. The van der Waals surface area contributed by atoms with Crippen LogP contribution in [0.4, 0.5) is 0 Å². The van der Waals surface area contributed by atoms with E-state index in [1.807, 2.05) is 75.4 Å². The van der Waals surface area contributed by atoms with Crippen molar-refractivity contribution in [2.45, 2.75) is 37.8 Å². The Morgan fingerprint density at radius 1 is 1.14 bits per heavy atom. The van der Waals surface area contributed by atoms with Gasteiger partial charge in [-0.05, 0) is 66.4 Å². The number of hydrogen-bond acceptors (Lipinski definition) is 2. The van der Waals surface area contributed by atoms with E-state index in [1.54, 1.807) is 0 Å². The van der Waals surface area contributed by atoms with Gasteiger partial charge >= 0.3 is 5.97 Å². The van der Waals surface area contributed by atoms with Crippen molar-refractivity contribution in [2.75, 3.05) is 0 Å². The summed E-state index contributed by atoms with van der Waals surface area (Å²) >= 11 is 9.63. The molecular formula is C23H22BrClO3. The highest BCUT2D eigenvalue weighted by atomic mass is 79.9. The maximum Gasteiger partial charge on any atom is 0.337 e. The SMILES string of the molecule is CC(C)(C)OC(C(=O)O)c1c(CBr)cc2ccccc2c1-c1ccc(Cl)cc1. The lowest BCUT2D eigenvalue weighted by Gasteiger charge is -2.29. The number of benzene rings is 3. The monoisotopic (exact) mass is 460 g/mol. The Labute approximate surface area is 178 Å². The van der Waals surface area contributed by atoms with Gasteiger partial charge < -0.3 is 9.84 Å². The molecule has 0 aliphatic carbocycles. The second-order valence-corrected chi connectivity index (χ2v) is 8.63. The van der Waals surface area contributed by atoms with E-state index in [0.29, 0.717) is 15.9 Å². The summed E-state index contributed by atoms with van der Waals surface area (Å²) in [6.45, 7) is 5.58. The Balaban J connectivity index is 2.40. The second kappa shape index (κ2) is 8.24. The summed E-state index contributed by atoms with van der Waals surface area (Å²) in [5.41, 5.74) is 2.71. The number of halogens is 2. The fourth-order valence-corrected chi connectivity index (χ4v) is 3.94. The zero-order valence-corrected chi connectivity index (χ0v) is 18.3. The zero-order chi connectivity index (χ0) is 20.5. The van der Waals surface area contributed by atoms with E-state index in [4.69, 9.17) is 16.3 Å². The summed E-state index contributed by atoms with van der Waals surface area (Å²) < 4.78 is 6.02. The summed E-state index contributed by atoms with van der Waals surface area (Å²) in [5.74, 6) is -1.01. The third kappa shape index (κ3) is 4.40. The maximum absolute atomic E-state index is 12.3. The molecule has 3 nitrogen and oxygen atoms in total. The predicted molar refractivity (Wildman–Crippen MR) is 118 cm³/mol. The van der Waals surface area contributed by atoms with E-state index in [2.05, 4.69) is 15.9 Å². The van der Waals surface area contributed by atoms with Crippen LogP contribution in [0.2, 0.25) is 5.02 Å². The van der Waals surface area contributed by atoms with Crippen molar-refractivity contribution in [1.82, 2.24) is 0 Å². The molecule has 3 aromatic carbocycles. The van der Waals surface area contributed by atoms with Crippen molar-refractivity contribution in [1.29, 1.82) is 0 Å². The standard InChI is InChI=1S/C23H22BrClO3/c1-23(2,3)28-21(22(26)27)20-16(13-24)12-15-6-4-5-7-18(15)19(20)14-8-10-17(25)11-9-14/h4-12,21H,13H2,1-3H3,(H,26,27). The molecule has 146 valence electrons. The summed E-state index contributed by atoms with van der Waals surface area (Å²) in [7, 11) is 0. The van der Waals surface area contributed by atoms with Crippen LogP contribution < -0.4 is 0 Å². The molecule has 3 rings (SSSR count). The average molecular weight is 462 g/mol. The number of rotatable bonds is 5. The van der Waals surface area contributed by atoms with Gasteiger partial charge in [0.15, 0.2) is 6.10 Å². The number of hydrogen-bond donors (Lipinski definition) is 1. The Morgan fingerprint density at radius 3 is 2.36 bits per heavy atom. The van der Waals surface area contributed by atoms with Crippen LogP contribution in [-0.2, 0) is 14.9 Å². The Kier molecular flexibility index (Phi) is 6.13. The Morgan fingerprint density at radius 2 is 1.79 bits per heavy atom. The molecule has 0 aromatic heterocycles. The molecule has 3 aromatic rings. The molecule has 0 fully saturated rings. The fourth-order valence-electron chi connectivity index (χ4n) is 3.35. The van der Waals surface area contributed by atoms with Crippen molar-refractivity contribution >= 4 is 44.3 Å². The minimum Gasteiger partial charge on any atom is -0.479 e. The first-order valence-corrected chi connectivity index (χ1v) is 10.5. The molecular weight excluding hydrogens is 440 g/mol. The van der Waals surface area contributed by atoms with E-state index < -0.39 is 17.7 Å². The van der Waals surface area contributed by atoms with Gasteiger partial charge in [-0.1, -0.05) is 63.9 Å². The van der Waals surface area contributed by atoms with Crippen LogP contribution in [0.5, 0.6) is 0 Å². The number of carboxylic acids is 1. The molecule has 0 bridgehead atoms. The van der Waals surface area contributed by atoms with Gasteiger partial charge in [-0.2, -0.15) is 0 Å². The molecule has 0 aliphatic heterocycles. The van der Waals surface area contributed by atoms with Crippen molar-refractivity contribution in [3.8, 4) is 11.1 Å². The van der Waals surface area contributed by atoms with Gasteiger partial charge in [0.1, 0.15) is 0 Å². The topological polar surface area (TPSA) is 46.5 Å².